The van der Waals surface area contributed by atoms with Gasteiger partial charge in [-0.25, -0.2) is 0 Å². The minimum atomic E-state index is -0.439. The lowest BCUT2D eigenvalue weighted by Gasteiger charge is -2.36. The van der Waals surface area contributed by atoms with Crippen LogP contribution in [0.2, 0.25) is 0 Å². The molecule has 78 valence electrons. The van der Waals surface area contributed by atoms with E-state index in [2.05, 4.69) is 13.8 Å². The van der Waals surface area contributed by atoms with Crippen LogP contribution >= 0.6 is 0 Å². The Hall–Kier alpha value is -0.0800. The van der Waals surface area contributed by atoms with E-state index >= 15 is 0 Å². The zero-order chi connectivity index (χ0) is 9.95. The van der Waals surface area contributed by atoms with Crippen molar-refractivity contribution in [3.63, 3.8) is 0 Å². The minimum Gasteiger partial charge on any atom is -0.389 e. The molecule has 0 bridgehead atoms. The second kappa shape index (κ2) is 3.97. The average molecular weight is 186 g/mol. The molecule has 2 heteroatoms. The summed E-state index contributed by atoms with van der Waals surface area (Å²) in [7, 11) is 1.71. The Labute approximate surface area is 81.3 Å². The van der Waals surface area contributed by atoms with Crippen molar-refractivity contribution in [2.45, 2.75) is 51.6 Å². The van der Waals surface area contributed by atoms with E-state index in [0.29, 0.717) is 0 Å². The Kier molecular flexibility index (Phi) is 3.36. The molecule has 1 unspecified atom stereocenters. The molecule has 0 radical (unpaired) electrons. The summed E-state index contributed by atoms with van der Waals surface area (Å²) in [4.78, 5) is 0. The smallest absolute Gasteiger partial charge is 0.0699 e. The average Bonchev–Trinajstić information content (AvgIpc) is 2.28. The monoisotopic (exact) mass is 186 g/mol. The molecule has 13 heavy (non-hydrogen) atoms. The number of methoxy groups -OCH3 is 1. The van der Waals surface area contributed by atoms with Crippen LogP contribution in [-0.4, -0.2) is 24.4 Å². The van der Waals surface area contributed by atoms with Gasteiger partial charge in [-0.15, -0.1) is 0 Å². The molecule has 0 spiro atoms. The molecule has 1 fully saturated rings. The summed E-state index contributed by atoms with van der Waals surface area (Å²) < 4.78 is 5.00. The molecule has 0 saturated heterocycles. The van der Waals surface area contributed by atoms with Crippen molar-refractivity contribution in [3.8, 4) is 0 Å². The number of hydrogen-bond acceptors (Lipinski definition) is 2. The zero-order valence-electron chi connectivity index (χ0n) is 9.10. The van der Waals surface area contributed by atoms with Gasteiger partial charge < -0.3 is 9.84 Å². The van der Waals surface area contributed by atoms with Crippen molar-refractivity contribution in [1.82, 2.24) is 0 Å². The summed E-state index contributed by atoms with van der Waals surface area (Å²) in [6, 6.07) is 0. The molecule has 0 aromatic carbocycles. The fourth-order valence-electron chi connectivity index (χ4n) is 2.37. The Morgan fingerprint density at radius 1 is 1.31 bits per heavy atom. The summed E-state index contributed by atoms with van der Waals surface area (Å²) in [6.45, 7) is 5.11. The highest BCUT2D eigenvalue weighted by atomic mass is 16.5. The molecule has 1 rings (SSSR count). The van der Waals surface area contributed by atoms with Gasteiger partial charge in [-0.05, 0) is 37.5 Å². The van der Waals surface area contributed by atoms with Crippen molar-refractivity contribution in [2.24, 2.45) is 5.41 Å². The maximum atomic E-state index is 10.4. The van der Waals surface area contributed by atoms with E-state index in [-0.39, 0.29) is 5.41 Å². The topological polar surface area (TPSA) is 29.5 Å². The second-order valence-corrected chi connectivity index (χ2v) is 4.87. The molecular formula is C11H22O2. The zero-order valence-corrected chi connectivity index (χ0v) is 9.10. The fraction of sp³-hybridized carbons (Fsp3) is 1.00. The highest BCUT2D eigenvalue weighted by Crippen LogP contribution is 2.48. The molecule has 1 aliphatic rings. The van der Waals surface area contributed by atoms with Crippen LogP contribution in [0.25, 0.3) is 0 Å². The normalized spacial score (nSPS) is 32.3. The fourth-order valence-corrected chi connectivity index (χ4v) is 2.37. The SMILES string of the molecule is COCCCC1(O)CCCC1(C)C. The molecule has 1 saturated carbocycles. The quantitative estimate of drug-likeness (QED) is 0.683. The van der Waals surface area contributed by atoms with Gasteiger partial charge in [0.1, 0.15) is 0 Å². The van der Waals surface area contributed by atoms with Crippen LogP contribution in [0, 0.1) is 5.41 Å². The van der Waals surface area contributed by atoms with Crippen LogP contribution in [0.4, 0.5) is 0 Å². The van der Waals surface area contributed by atoms with Crippen LogP contribution < -0.4 is 0 Å². The first-order chi connectivity index (χ1) is 6.02. The van der Waals surface area contributed by atoms with Crippen LogP contribution in [0.3, 0.4) is 0 Å². The van der Waals surface area contributed by atoms with E-state index in [0.717, 1.165) is 38.7 Å². The van der Waals surface area contributed by atoms with Gasteiger partial charge in [0.15, 0.2) is 0 Å². The van der Waals surface area contributed by atoms with Crippen LogP contribution in [0.5, 0.6) is 0 Å². The van der Waals surface area contributed by atoms with Gasteiger partial charge in [-0.1, -0.05) is 13.8 Å². The van der Waals surface area contributed by atoms with E-state index in [1.165, 1.54) is 0 Å². The number of hydrogen-bond donors (Lipinski definition) is 1. The van der Waals surface area contributed by atoms with Crippen molar-refractivity contribution < 1.29 is 9.84 Å². The molecule has 0 aromatic heterocycles. The van der Waals surface area contributed by atoms with Gasteiger partial charge in [0.2, 0.25) is 0 Å². The van der Waals surface area contributed by atoms with Gasteiger partial charge in [-0.3, -0.25) is 0 Å². The Morgan fingerprint density at radius 3 is 2.46 bits per heavy atom. The van der Waals surface area contributed by atoms with Crippen molar-refractivity contribution in [1.29, 1.82) is 0 Å². The highest BCUT2D eigenvalue weighted by Gasteiger charge is 2.46. The molecule has 2 nitrogen and oxygen atoms in total. The first-order valence-corrected chi connectivity index (χ1v) is 5.23. The van der Waals surface area contributed by atoms with Crippen molar-refractivity contribution in [3.05, 3.63) is 0 Å². The lowest BCUT2D eigenvalue weighted by atomic mass is 9.75. The van der Waals surface area contributed by atoms with E-state index in [1.54, 1.807) is 7.11 Å². The molecule has 1 N–H and O–H groups in total. The summed E-state index contributed by atoms with van der Waals surface area (Å²) in [5, 5.41) is 10.4. The van der Waals surface area contributed by atoms with E-state index in [9.17, 15) is 5.11 Å². The van der Waals surface area contributed by atoms with Gasteiger partial charge in [0.25, 0.3) is 0 Å². The molecule has 1 aliphatic carbocycles. The summed E-state index contributed by atoms with van der Waals surface area (Å²) in [6.07, 6.45) is 5.13. The summed E-state index contributed by atoms with van der Waals surface area (Å²) in [5.41, 5.74) is -0.341. The maximum Gasteiger partial charge on any atom is 0.0699 e. The highest BCUT2D eigenvalue weighted by molar-refractivity contribution is 4.98. The van der Waals surface area contributed by atoms with Crippen molar-refractivity contribution >= 4 is 0 Å². The number of rotatable bonds is 4. The van der Waals surface area contributed by atoms with Crippen LogP contribution in [0.15, 0.2) is 0 Å². The predicted octanol–water partition coefficient (Wildman–Crippen LogP) is 2.35. The Morgan fingerprint density at radius 2 is 2.00 bits per heavy atom. The Balaban J connectivity index is 2.45. The third-order valence-electron chi connectivity index (χ3n) is 3.59. The molecular weight excluding hydrogens is 164 g/mol. The van der Waals surface area contributed by atoms with E-state index in [4.69, 9.17) is 4.74 Å². The summed E-state index contributed by atoms with van der Waals surface area (Å²) >= 11 is 0. The predicted molar refractivity (Wildman–Crippen MR) is 53.7 cm³/mol. The van der Waals surface area contributed by atoms with Gasteiger partial charge in [0, 0.05) is 13.7 Å². The lowest BCUT2D eigenvalue weighted by Crippen LogP contribution is -2.39. The third kappa shape index (κ3) is 2.23. The first kappa shape index (κ1) is 11.0. The van der Waals surface area contributed by atoms with E-state index in [1.807, 2.05) is 0 Å². The standard InChI is InChI=1S/C11H22O2/c1-10(2)6-4-7-11(10,12)8-5-9-13-3/h12H,4-9H2,1-3H3. The van der Waals surface area contributed by atoms with Gasteiger partial charge >= 0.3 is 0 Å². The third-order valence-corrected chi connectivity index (χ3v) is 3.59. The minimum absolute atomic E-state index is 0.0980. The lowest BCUT2D eigenvalue weighted by molar-refractivity contribution is -0.0540. The van der Waals surface area contributed by atoms with Crippen molar-refractivity contribution in [2.75, 3.05) is 13.7 Å². The van der Waals surface area contributed by atoms with E-state index < -0.39 is 5.60 Å². The largest absolute Gasteiger partial charge is 0.389 e. The molecule has 0 heterocycles. The number of aliphatic hydroxyl groups is 1. The first-order valence-electron chi connectivity index (χ1n) is 5.23. The number of ether oxygens (including phenoxy) is 1. The van der Waals surface area contributed by atoms with Crippen LogP contribution in [-0.2, 0) is 4.74 Å². The Bertz CT molecular complexity index is 165. The maximum absolute atomic E-state index is 10.4. The van der Waals surface area contributed by atoms with Gasteiger partial charge in [0.05, 0.1) is 5.60 Å². The van der Waals surface area contributed by atoms with Gasteiger partial charge in [-0.2, -0.15) is 0 Å². The second-order valence-electron chi connectivity index (χ2n) is 4.87. The molecule has 0 amide bonds. The summed E-state index contributed by atoms with van der Waals surface area (Å²) in [5.74, 6) is 0. The molecule has 0 aromatic rings. The molecule has 1 atom stereocenters. The van der Waals surface area contributed by atoms with Crippen LogP contribution in [0.1, 0.15) is 46.0 Å². The molecule has 0 aliphatic heterocycles.